The molecule has 10 heavy (non-hydrogen) atoms. The maximum absolute atomic E-state index is 10.6. The number of rotatable bonds is 3. The van der Waals surface area contributed by atoms with Crippen molar-refractivity contribution in [1.29, 1.82) is 0 Å². The number of hydrogen-bond acceptors (Lipinski definition) is 2. The van der Waals surface area contributed by atoms with Crippen LogP contribution in [0.1, 0.15) is 27.2 Å². The lowest BCUT2D eigenvalue weighted by Gasteiger charge is -2.14. The molecule has 4 heteroatoms. The minimum atomic E-state index is -3.81. The van der Waals surface area contributed by atoms with Gasteiger partial charge in [-0.2, -0.15) is 8.42 Å². The second-order valence-electron chi connectivity index (χ2n) is 2.71. The van der Waals surface area contributed by atoms with E-state index in [1.165, 1.54) is 0 Å². The Morgan fingerprint density at radius 2 is 1.80 bits per heavy atom. The topological polar surface area (TPSA) is 54.4 Å². The molecule has 1 N–H and O–H groups in total. The van der Waals surface area contributed by atoms with Crippen LogP contribution in [0.2, 0.25) is 0 Å². The Kier molecular flexibility index (Phi) is 3.31. The van der Waals surface area contributed by atoms with Crippen LogP contribution in [0.3, 0.4) is 0 Å². The molecule has 3 nitrogen and oxygen atoms in total. The van der Waals surface area contributed by atoms with Crippen molar-refractivity contribution < 1.29 is 13.0 Å². The van der Waals surface area contributed by atoms with Gasteiger partial charge in [-0.1, -0.05) is 20.8 Å². The first kappa shape index (κ1) is 9.91. The molecule has 0 radical (unpaired) electrons. The summed E-state index contributed by atoms with van der Waals surface area (Å²) in [5.41, 5.74) is 0. The van der Waals surface area contributed by atoms with Crippen molar-refractivity contribution in [2.45, 2.75) is 32.4 Å². The van der Waals surface area contributed by atoms with Crippen molar-refractivity contribution in [3.8, 4) is 0 Å². The van der Waals surface area contributed by atoms with E-state index in [9.17, 15) is 8.42 Å². The molecule has 0 aromatic carbocycles. The molecule has 0 aromatic rings. The van der Waals surface area contributed by atoms with Crippen LogP contribution in [0.5, 0.6) is 0 Å². The third kappa shape index (κ3) is 2.66. The summed E-state index contributed by atoms with van der Waals surface area (Å²) in [6.07, 6.45) is 0.469. The maximum Gasteiger partial charge on any atom is 0.268 e. The lowest BCUT2D eigenvalue weighted by Crippen LogP contribution is -2.25. The fourth-order valence-electron chi connectivity index (χ4n) is 1.03. The van der Waals surface area contributed by atoms with Gasteiger partial charge in [-0.15, -0.1) is 0 Å². The summed E-state index contributed by atoms with van der Waals surface area (Å²) in [6, 6.07) is 0. The molecule has 0 saturated carbocycles. The summed E-state index contributed by atoms with van der Waals surface area (Å²) >= 11 is 0. The highest BCUT2D eigenvalue weighted by atomic mass is 32.2. The average molecular weight is 166 g/mol. The van der Waals surface area contributed by atoms with Crippen LogP contribution in [-0.2, 0) is 10.1 Å². The van der Waals surface area contributed by atoms with E-state index >= 15 is 0 Å². The maximum atomic E-state index is 10.6. The average Bonchev–Trinajstić information content (AvgIpc) is 1.60. The molecule has 0 saturated heterocycles. The van der Waals surface area contributed by atoms with Crippen LogP contribution in [0.15, 0.2) is 0 Å². The Labute approximate surface area is 62.2 Å². The minimum absolute atomic E-state index is 0.0139. The lowest BCUT2D eigenvalue weighted by molar-refractivity contribution is 0.437. The molecule has 0 aromatic heterocycles. The molecule has 0 aliphatic carbocycles. The Morgan fingerprint density at radius 1 is 1.40 bits per heavy atom. The zero-order valence-corrected chi connectivity index (χ0v) is 7.35. The second kappa shape index (κ2) is 3.34. The Balaban J connectivity index is 4.38. The van der Waals surface area contributed by atoms with Gasteiger partial charge in [0, 0.05) is 0 Å². The Bertz CT molecular complexity index is 181. The van der Waals surface area contributed by atoms with E-state index in [0.717, 1.165) is 0 Å². The monoisotopic (exact) mass is 166 g/mol. The molecule has 1 unspecified atom stereocenters. The highest BCUT2D eigenvalue weighted by Crippen LogP contribution is 2.13. The summed E-state index contributed by atoms with van der Waals surface area (Å²) in [5.74, 6) is -0.0139. The van der Waals surface area contributed by atoms with Crippen molar-refractivity contribution in [3.05, 3.63) is 0 Å². The fraction of sp³-hybridized carbons (Fsp3) is 1.00. The van der Waals surface area contributed by atoms with Crippen molar-refractivity contribution in [3.63, 3.8) is 0 Å². The molecule has 62 valence electrons. The van der Waals surface area contributed by atoms with Crippen molar-refractivity contribution in [1.82, 2.24) is 0 Å². The molecule has 0 bridgehead atoms. The number of hydrogen-bond donors (Lipinski definition) is 1. The van der Waals surface area contributed by atoms with E-state index in [-0.39, 0.29) is 5.92 Å². The smallest absolute Gasteiger partial charge is 0.268 e. The van der Waals surface area contributed by atoms with Crippen molar-refractivity contribution in [2.75, 3.05) is 0 Å². The first-order chi connectivity index (χ1) is 4.39. The highest BCUT2D eigenvalue weighted by Gasteiger charge is 2.23. The predicted molar refractivity (Wildman–Crippen MR) is 40.5 cm³/mol. The van der Waals surface area contributed by atoms with Gasteiger partial charge in [0.1, 0.15) is 0 Å². The molecule has 0 rings (SSSR count). The van der Waals surface area contributed by atoms with Crippen LogP contribution in [0.25, 0.3) is 0 Å². The molecular weight excluding hydrogens is 152 g/mol. The van der Waals surface area contributed by atoms with Crippen LogP contribution >= 0.6 is 0 Å². The zero-order chi connectivity index (χ0) is 8.36. The minimum Gasteiger partial charge on any atom is -0.285 e. The van der Waals surface area contributed by atoms with E-state index in [4.69, 9.17) is 4.55 Å². The quantitative estimate of drug-likeness (QED) is 0.643. The summed E-state index contributed by atoms with van der Waals surface area (Å²) < 4.78 is 29.7. The summed E-state index contributed by atoms with van der Waals surface area (Å²) in [7, 11) is -3.81. The van der Waals surface area contributed by atoms with Crippen molar-refractivity contribution in [2.24, 2.45) is 5.92 Å². The SMILES string of the molecule is CCC(C(C)C)S(=O)(=O)O. The van der Waals surface area contributed by atoms with Crippen LogP contribution in [-0.4, -0.2) is 18.2 Å². The molecule has 0 aliphatic rings. The van der Waals surface area contributed by atoms with Crippen molar-refractivity contribution >= 4 is 10.1 Å². The van der Waals surface area contributed by atoms with E-state index in [0.29, 0.717) is 6.42 Å². The first-order valence-electron chi connectivity index (χ1n) is 3.35. The molecule has 0 heterocycles. The van der Waals surface area contributed by atoms with Gasteiger partial charge in [0.15, 0.2) is 0 Å². The summed E-state index contributed by atoms with van der Waals surface area (Å²) in [4.78, 5) is 0. The Hall–Kier alpha value is -0.0900. The molecule has 0 aliphatic heterocycles. The van der Waals surface area contributed by atoms with E-state index in [1.54, 1.807) is 20.8 Å². The first-order valence-corrected chi connectivity index (χ1v) is 4.86. The third-order valence-electron chi connectivity index (χ3n) is 1.53. The van der Waals surface area contributed by atoms with Gasteiger partial charge in [-0.25, -0.2) is 0 Å². The summed E-state index contributed by atoms with van der Waals surface area (Å²) in [6.45, 7) is 5.31. The van der Waals surface area contributed by atoms with Gasteiger partial charge in [-0.3, -0.25) is 4.55 Å². The molecule has 0 spiro atoms. The molecule has 0 amide bonds. The van der Waals surface area contributed by atoms with E-state index in [1.807, 2.05) is 0 Å². The largest absolute Gasteiger partial charge is 0.285 e. The van der Waals surface area contributed by atoms with Gasteiger partial charge in [0.25, 0.3) is 10.1 Å². The molecule has 1 atom stereocenters. The third-order valence-corrected chi connectivity index (χ3v) is 3.17. The van der Waals surface area contributed by atoms with Gasteiger partial charge in [-0.05, 0) is 12.3 Å². The predicted octanol–water partition coefficient (Wildman–Crippen LogP) is 1.31. The normalized spacial score (nSPS) is 15.7. The van der Waals surface area contributed by atoms with E-state index < -0.39 is 15.4 Å². The van der Waals surface area contributed by atoms with Crippen LogP contribution < -0.4 is 0 Å². The highest BCUT2D eigenvalue weighted by molar-refractivity contribution is 7.86. The molecule has 0 fully saturated rings. The second-order valence-corrected chi connectivity index (χ2v) is 4.34. The van der Waals surface area contributed by atoms with E-state index in [2.05, 4.69) is 0 Å². The lowest BCUT2D eigenvalue weighted by atomic mass is 10.1. The van der Waals surface area contributed by atoms with Crippen LogP contribution in [0, 0.1) is 5.92 Å². The Morgan fingerprint density at radius 3 is 1.80 bits per heavy atom. The summed E-state index contributed by atoms with van der Waals surface area (Å²) in [5, 5.41) is -0.604. The zero-order valence-electron chi connectivity index (χ0n) is 6.53. The van der Waals surface area contributed by atoms with Crippen LogP contribution in [0.4, 0.5) is 0 Å². The standard InChI is InChI=1S/C6H14O3S/c1-4-6(5(2)3)10(7,8)9/h5-6H,4H2,1-3H3,(H,7,8,9). The van der Waals surface area contributed by atoms with Gasteiger partial charge in [0.2, 0.25) is 0 Å². The molecular formula is C6H14O3S. The fourth-order valence-corrected chi connectivity index (χ4v) is 2.14. The van der Waals surface area contributed by atoms with Gasteiger partial charge in [0.05, 0.1) is 5.25 Å². The van der Waals surface area contributed by atoms with Gasteiger partial charge < -0.3 is 0 Å². The van der Waals surface area contributed by atoms with Gasteiger partial charge >= 0.3 is 0 Å².